The van der Waals surface area contributed by atoms with Gasteiger partial charge in [0.1, 0.15) is 0 Å². The Morgan fingerprint density at radius 3 is 2.44 bits per heavy atom. The van der Waals surface area contributed by atoms with Crippen LogP contribution >= 0.6 is 11.6 Å². The quantitative estimate of drug-likeness (QED) is 0.604. The number of amides is 1. The minimum Gasteiger partial charge on any atom is -0.337 e. The molecular weight excluding hydrogens is 446 g/mol. The van der Waals surface area contributed by atoms with Crippen molar-refractivity contribution in [1.29, 1.82) is 0 Å². The maximum Gasteiger partial charge on any atom is 0.255 e. The Kier molecular flexibility index (Phi) is 8.33. The van der Waals surface area contributed by atoms with E-state index < -0.39 is 10.0 Å². The predicted molar refractivity (Wildman–Crippen MR) is 129 cm³/mol. The summed E-state index contributed by atoms with van der Waals surface area (Å²) in [7, 11) is -3.66. The summed E-state index contributed by atoms with van der Waals surface area (Å²) in [6, 6.07) is 12.8. The van der Waals surface area contributed by atoms with Crippen molar-refractivity contribution in [2.24, 2.45) is 0 Å². The van der Waals surface area contributed by atoms with E-state index in [1.54, 1.807) is 18.7 Å². The lowest BCUT2D eigenvalue weighted by Gasteiger charge is -2.23. The number of nitrogens with zero attached hydrogens (tertiary/aromatic N) is 3. The lowest BCUT2D eigenvalue weighted by atomic mass is 10.1. The van der Waals surface area contributed by atoms with Gasteiger partial charge in [0.2, 0.25) is 10.0 Å². The highest BCUT2D eigenvalue weighted by Crippen LogP contribution is 2.25. The third kappa shape index (κ3) is 5.52. The summed E-state index contributed by atoms with van der Waals surface area (Å²) in [4.78, 5) is 17.5. The number of rotatable bonds is 7. The number of benzene rings is 2. The van der Waals surface area contributed by atoms with Gasteiger partial charge in [0.25, 0.3) is 5.91 Å². The first kappa shape index (κ1) is 24.7. The molecule has 1 amide bonds. The zero-order chi connectivity index (χ0) is 23.3. The van der Waals surface area contributed by atoms with Crippen LogP contribution in [-0.4, -0.2) is 67.7 Å². The van der Waals surface area contributed by atoms with Gasteiger partial charge in [0.05, 0.1) is 15.5 Å². The Morgan fingerprint density at radius 1 is 1.03 bits per heavy atom. The van der Waals surface area contributed by atoms with Crippen molar-refractivity contribution < 1.29 is 13.2 Å². The predicted octanol–water partition coefficient (Wildman–Crippen LogP) is 4.03. The number of halogens is 1. The SMILES string of the molecule is CCN(CC)S(=O)(=O)c1ccc(Cl)c(C(=O)N2CCCN(Cc3ccccc3C)CC2)c1. The van der Waals surface area contributed by atoms with Crippen LogP contribution in [0.5, 0.6) is 0 Å². The molecule has 32 heavy (non-hydrogen) atoms. The first-order chi connectivity index (χ1) is 15.3. The first-order valence-corrected chi connectivity index (χ1v) is 13.0. The topological polar surface area (TPSA) is 60.9 Å². The molecule has 2 aromatic carbocycles. The maximum absolute atomic E-state index is 13.3. The van der Waals surface area contributed by atoms with Crippen LogP contribution in [0.3, 0.4) is 0 Å². The number of carbonyl (C=O) groups is 1. The molecule has 0 atom stereocenters. The highest BCUT2D eigenvalue weighted by atomic mass is 35.5. The fourth-order valence-corrected chi connectivity index (χ4v) is 5.76. The average molecular weight is 478 g/mol. The third-order valence-corrected chi connectivity index (χ3v) is 8.42. The molecule has 1 saturated heterocycles. The molecule has 0 spiro atoms. The molecular formula is C24H32ClN3O3S. The van der Waals surface area contributed by atoms with Gasteiger partial charge >= 0.3 is 0 Å². The summed E-state index contributed by atoms with van der Waals surface area (Å²) >= 11 is 6.34. The molecule has 0 N–H and O–H groups in total. The third-order valence-electron chi connectivity index (χ3n) is 6.04. The lowest BCUT2D eigenvalue weighted by molar-refractivity contribution is 0.0761. The van der Waals surface area contributed by atoms with Gasteiger partial charge in [0.15, 0.2) is 0 Å². The molecule has 0 aromatic heterocycles. The number of hydrogen-bond donors (Lipinski definition) is 0. The molecule has 1 aliphatic heterocycles. The first-order valence-electron chi connectivity index (χ1n) is 11.1. The second-order valence-corrected chi connectivity index (χ2v) is 10.4. The molecule has 1 fully saturated rings. The van der Waals surface area contributed by atoms with Crippen molar-refractivity contribution in [1.82, 2.24) is 14.1 Å². The summed E-state index contributed by atoms with van der Waals surface area (Å²) in [6.07, 6.45) is 0.854. The summed E-state index contributed by atoms with van der Waals surface area (Å²) in [5.74, 6) is -0.218. The van der Waals surface area contributed by atoms with Crippen molar-refractivity contribution in [3.63, 3.8) is 0 Å². The van der Waals surface area contributed by atoms with E-state index in [1.807, 2.05) is 6.07 Å². The molecule has 3 rings (SSSR count). The normalized spacial score (nSPS) is 15.7. The van der Waals surface area contributed by atoms with Crippen LogP contribution in [0, 0.1) is 6.92 Å². The van der Waals surface area contributed by atoms with Crippen molar-refractivity contribution >= 4 is 27.5 Å². The van der Waals surface area contributed by atoms with E-state index in [4.69, 9.17) is 11.6 Å². The van der Waals surface area contributed by atoms with Crippen molar-refractivity contribution in [3.8, 4) is 0 Å². The number of hydrogen-bond acceptors (Lipinski definition) is 4. The molecule has 0 unspecified atom stereocenters. The van der Waals surface area contributed by atoms with Gasteiger partial charge in [-0.1, -0.05) is 49.7 Å². The zero-order valence-corrected chi connectivity index (χ0v) is 20.6. The van der Waals surface area contributed by atoms with E-state index in [1.165, 1.54) is 33.6 Å². The fourth-order valence-electron chi connectivity index (χ4n) is 4.07. The molecule has 0 saturated carbocycles. The Labute approximate surface area is 196 Å². The van der Waals surface area contributed by atoms with Crippen LogP contribution in [0.1, 0.15) is 41.8 Å². The van der Waals surface area contributed by atoms with E-state index in [2.05, 4.69) is 30.0 Å². The van der Waals surface area contributed by atoms with Crippen molar-refractivity contribution in [3.05, 3.63) is 64.2 Å². The molecule has 1 heterocycles. The van der Waals surface area contributed by atoms with Crippen LogP contribution in [0.4, 0.5) is 0 Å². The highest BCUT2D eigenvalue weighted by molar-refractivity contribution is 7.89. The van der Waals surface area contributed by atoms with Gasteiger partial charge in [-0.3, -0.25) is 9.69 Å². The van der Waals surface area contributed by atoms with Gasteiger partial charge in [0, 0.05) is 45.8 Å². The van der Waals surface area contributed by atoms with E-state index >= 15 is 0 Å². The van der Waals surface area contributed by atoms with Gasteiger partial charge in [-0.2, -0.15) is 4.31 Å². The monoisotopic (exact) mass is 477 g/mol. The minimum absolute atomic E-state index is 0.102. The second kappa shape index (κ2) is 10.8. The molecule has 8 heteroatoms. The largest absolute Gasteiger partial charge is 0.337 e. The Balaban J connectivity index is 1.75. The number of sulfonamides is 1. The average Bonchev–Trinajstić information content (AvgIpc) is 3.01. The van der Waals surface area contributed by atoms with Crippen LogP contribution in [0.2, 0.25) is 5.02 Å². The molecule has 174 valence electrons. The number of aryl methyl sites for hydroxylation is 1. The summed E-state index contributed by atoms with van der Waals surface area (Å²) in [5, 5.41) is 0.273. The minimum atomic E-state index is -3.66. The van der Waals surface area contributed by atoms with Crippen LogP contribution in [0.25, 0.3) is 0 Å². The molecule has 6 nitrogen and oxygen atoms in total. The highest BCUT2D eigenvalue weighted by Gasteiger charge is 2.26. The fraction of sp³-hybridized carbons (Fsp3) is 0.458. The van der Waals surface area contributed by atoms with Crippen molar-refractivity contribution in [2.45, 2.75) is 38.6 Å². The zero-order valence-electron chi connectivity index (χ0n) is 19.1. The van der Waals surface area contributed by atoms with E-state index in [0.29, 0.717) is 26.2 Å². The van der Waals surface area contributed by atoms with E-state index in [0.717, 1.165) is 26.1 Å². The maximum atomic E-state index is 13.3. The van der Waals surface area contributed by atoms with Crippen LogP contribution in [0.15, 0.2) is 47.4 Å². The lowest BCUT2D eigenvalue weighted by Crippen LogP contribution is -2.35. The Bertz CT molecular complexity index is 1050. The van der Waals surface area contributed by atoms with Crippen molar-refractivity contribution in [2.75, 3.05) is 39.3 Å². The van der Waals surface area contributed by atoms with E-state index in [9.17, 15) is 13.2 Å². The van der Waals surface area contributed by atoms with E-state index in [-0.39, 0.29) is 21.4 Å². The van der Waals surface area contributed by atoms with Crippen LogP contribution in [-0.2, 0) is 16.6 Å². The van der Waals surface area contributed by atoms with Gasteiger partial charge in [-0.05, 0) is 42.7 Å². The molecule has 0 aliphatic carbocycles. The second-order valence-electron chi connectivity index (χ2n) is 8.08. The molecule has 0 bridgehead atoms. The smallest absolute Gasteiger partial charge is 0.255 e. The summed E-state index contributed by atoms with van der Waals surface area (Å²) in [5.41, 5.74) is 2.81. The molecule has 1 aliphatic rings. The molecule has 2 aromatic rings. The molecule has 0 radical (unpaired) electrons. The summed E-state index contributed by atoms with van der Waals surface area (Å²) < 4.78 is 27.2. The Hall–Kier alpha value is -1.93. The van der Waals surface area contributed by atoms with Crippen LogP contribution < -0.4 is 0 Å². The number of carbonyl (C=O) groups excluding carboxylic acids is 1. The Morgan fingerprint density at radius 2 is 1.75 bits per heavy atom. The standard InChI is InChI=1S/C24H32ClN3O3S/c1-4-28(5-2)32(30,31)21-11-12-23(25)22(17-21)24(29)27-14-8-13-26(15-16-27)18-20-10-7-6-9-19(20)3/h6-7,9-12,17H,4-5,8,13-16,18H2,1-3H3. The van der Waals surface area contributed by atoms with Gasteiger partial charge < -0.3 is 4.90 Å². The summed E-state index contributed by atoms with van der Waals surface area (Å²) in [6.45, 7) is 10.2. The van der Waals surface area contributed by atoms with Gasteiger partial charge in [-0.15, -0.1) is 0 Å². The van der Waals surface area contributed by atoms with Gasteiger partial charge in [-0.25, -0.2) is 8.42 Å².